The van der Waals surface area contributed by atoms with Gasteiger partial charge >= 0.3 is 5.97 Å². The number of amides is 1. The summed E-state index contributed by atoms with van der Waals surface area (Å²) in [6, 6.07) is 19.2. The van der Waals surface area contributed by atoms with Crippen molar-refractivity contribution in [1.29, 1.82) is 0 Å². The van der Waals surface area contributed by atoms with Crippen LogP contribution in [0.5, 0.6) is 0 Å². The van der Waals surface area contributed by atoms with E-state index in [1.165, 1.54) is 16.7 Å². The number of esters is 1. The number of carbonyl (C=O) groups excluding carboxylic acids is 2. The van der Waals surface area contributed by atoms with Gasteiger partial charge < -0.3 is 14.7 Å². The third-order valence-electron chi connectivity index (χ3n) is 5.92. The van der Waals surface area contributed by atoms with Gasteiger partial charge in [-0.2, -0.15) is 0 Å². The van der Waals surface area contributed by atoms with E-state index in [-0.39, 0.29) is 16.0 Å². The van der Waals surface area contributed by atoms with Gasteiger partial charge in [-0.05, 0) is 18.1 Å². The second-order valence-corrected chi connectivity index (χ2v) is 9.16. The lowest BCUT2D eigenvalue weighted by Crippen LogP contribution is -2.67. The molecule has 0 aromatic heterocycles. The Morgan fingerprint density at radius 1 is 1.15 bits per heavy atom. The number of β-lactam (4-membered cyclic amide) rings is 1. The molecular weight excluding hydrogens is 362 g/mol. The second-order valence-electron chi connectivity index (χ2n) is 7.54. The van der Waals surface area contributed by atoms with Crippen molar-refractivity contribution in [3.8, 4) is 0 Å². The predicted octanol–water partition coefficient (Wildman–Crippen LogP) is 2.50. The lowest BCUT2D eigenvalue weighted by molar-refractivity contribution is -0.176. The first-order valence-electron chi connectivity index (χ1n) is 8.98. The Kier molecular flexibility index (Phi) is 3.49. The molecule has 2 aliphatic heterocycles. The fraction of sp³-hybridized carbons (Fsp3) is 0.333. The molecule has 1 amide bonds. The monoisotopic (exact) mass is 381 g/mol. The molecule has 1 saturated carbocycles. The van der Waals surface area contributed by atoms with Crippen molar-refractivity contribution in [1.82, 2.24) is 4.90 Å². The average molecular weight is 381 g/mol. The molecule has 5 rings (SSSR count). The van der Waals surface area contributed by atoms with E-state index in [0.29, 0.717) is 6.42 Å². The van der Waals surface area contributed by atoms with Gasteiger partial charge in [-0.1, -0.05) is 60.7 Å². The van der Waals surface area contributed by atoms with E-state index in [0.717, 1.165) is 11.1 Å². The Labute approximate surface area is 161 Å². The van der Waals surface area contributed by atoms with Crippen LogP contribution in [0.15, 0.2) is 60.7 Å². The maximum Gasteiger partial charge on any atom is 0.334 e. The molecule has 3 aliphatic rings. The maximum atomic E-state index is 13.3. The Morgan fingerprint density at radius 3 is 2.26 bits per heavy atom. The number of aliphatic hydroxyl groups excluding tert-OH is 1. The van der Waals surface area contributed by atoms with Crippen molar-refractivity contribution >= 4 is 23.6 Å². The first kappa shape index (κ1) is 16.8. The molecule has 27 heavy (non-hydrogen) atoms. The van der Waals surface area contributed by atoms with E-state index in [2.05, 4.69) is 0 Å². The normalized spacial score (nSPS) is 33.3. The molecule has 2 aromatic rings. The molecule has 0 spiro atoms. The molecule has 6 heteroatoms. The number of ether oxygens (including phenoxy) is 1. The van der Waals surface area contributed by atoms with E-state index in [1.54, 1.807) is 0 Å². The molecule has 0 radical (unpaired) electrons. The zero-order chi connectivity index (χ0) is 18.8. The number of fused-ring (bicyclic) bond motifs is 3. The highest BCUT2D eigenvalue weighted by molar-refractivity contribution is 8.02. The predicted molar refractivity (Wildman–Crippen MR) is 101 cm³/mol. The number of hydrogen-bond acceptors (Lipinski definition) is 5. The number of rotatable bonds is 4. The van der Waals surface area contributed by atoms with Gasteiger partial charge in [-0.3, -0.25) is 4.79 Å². The molecule has 2 saturated heterocycles. The molecule has 1 aliphatic carbocycles. The third-order valence-corrected chi connectivity index (χ3v) is 7.63. The fourth-order valence-corrected chi connectivity index (χ4v) is 6.17. The number of hydrogen-bond donors (Lipinski definition) is 1. The van der Waals surface area contributed by atoms with Crippen LogP contribution < -0.4 is 0 Å². The van der Waals surface area contributed by atoms with Crippen LogP contribution in [0, 0.1) is 0 Å². The van der Waals surface area contributed by atoms with E-state index in [9.17, 15) is 14.7 Å². The first-order valence-corrected chi connectivity index (χ1v) is 9.86. The minimum absolute atomic E-state index is 0.337. The van der Waals surface area contributed by atoms with Gasteiger partial charge in [0.1, 0.15) is 5.37 Å². The number of thioether (sulfide) groups is 1. The minimum atomic E-state index is -1.01. The van der Waals surface area contributed by atoms with Gasteiger partial charge in [0.2, 0.25) is 0 Å². The lowest BCUT2D eigenvalue weighted by Gasteiger charge is -2.43. The summed E-state index contributed by atoms with van der Waals surface area (Å²) in [5, 5.41) is 9.57. The third kappa shape index (κ3) is 2.17. The van der Waals surface area contributed by atoms with Crippen molar-refractivity contribution in [3.05, 3.63) is 71.8 Å². The van der Waals surface area contributed by atoms with Gasteiger partial charge in [-0.25, -0.2) is 4.79 Å². The summed E-state index contributed by atoms with van der Waals surface area (Å²) in [7, 11) is 0. The topological polar surface area (TPSA) is 66.8 Å². The highest BCUT2D eigenvalue weighted by Gasteiger charge is 2.85. The summed E-state index contributed by atoms with van der Waals surface area (Å²) in [5.74, 6) is -0.764. The Hall–Kier alpha value is -2.31. The van der Waals surface area contributed by atoms with E-state index < -0.39 is 23.7 Å². The lowest BCUT2D eigenvalue weighted by atomic mass is 10.00. The number of nitrogens with zero attached hydrogens (tertiary/aromatic N) is 1. The van der Waals surface area contributed by atoms with Gasteiger partial charge in [0, 0.05) is 6.42 Å². The van der Waals surface area contributed by atoms with Crippen molar-refractivity contribution in [2.75, 3.05) is 0 Å². The van der Waals surface area contributed by atoms with Crippen molar-refractivity contribution in [3.63, 3.8) is 0 Å². The van der Waals surface area contributed by atoms with Crippen molar-refractivity contribution in [2.45, 2.75) is 41.2 Å². The maximum absolute atomic E-state index is 13.3. The number of carbonyl (C=O) groups is 2. The van der Waals surface area contributed by atoms with Crippen LogP contribution in [0.2, 0.25) is 0 Å². The second kappa shape index (κ2) is 5.59. The summed E-state index contributed by atoms with van der Waals surface area (Å²) >= 11 is 1.50. The first-order chi connectivity index (χ1) is 13.0. The average Bonchev–Trinajstić information content (AvgIpc) is 3.24. The molecular formula is C21H19NO4S. The molecule has 2 aromatic carbocycles. The summed E-state index contributed by atoms with van der Waals surface area (Å²) < 4.78 is 5.64. The SMILES string of the molecule is C[C@]12C[C@@]1(C(=O)OC(c1ccccc1)c1ccccc1)N1C(=O)[C@H](O)[C@H]1S2. The Morgan fingerprint density at radius 2 is 1.70 bits per heavy atom. The molecule has 138 valence electrons. The van der Waals surface area contributed by atoms with Crippen LogP contribution in [0.3, 0.4) is 0 Å². The number of benzene rings is 2. The Balaban J connectivity index is 1.48. The van der Waals surface area contributed by atoms with Crippen molar-refractivity contribution in [2.24, 2.45) is 0 Å². The smallest absolute Gasteiger partial charge is 0.334 e. The molecule has 5 nitrogen and oxygen atoms in total. The zero-order valence-corrected chi connectivity index (χ0v) is 15.6. The molecule has 0 unspecified atom stereocenters. The highest BCUT2D eigenvalue weighted by Crippen LogP contribution is 2.72. The molecule has 0 bridgehead atoms. The van der Waals surface area contributed by atoms with Crippen LogP contribution >= 0.6 is 11.8 Å². The van der Waals surface area contributed by atoms with E-state index in [1.807, 2.05) is 67.6 Å². The summed E-state index contributed by atoms with van der Waals surface area (Å²) in [6.45, 7) is 1.97. The van der Waals surface area contributed by atoms with Crippen LogP contribution in [-0.2, 0) is 14.3 Å². The molecule has 1 N–H and O–H groups in total. The van der Waals surface area contributed by atoms with Gasteiger partial charge in [0.25, 0.3) is 5.91 Å². The highest BCUT2D eigenvalue weighted by atomic mass is 32.2. The van der Waals surface area contributed by atoms with Crippen LogP contribution in [0.4, 0.5) is 0 Å². The van der Waals surface area contributed by atoms with Crippen molar-refractivity contribution < 1.29 is 19.4 Å². The molecule has 3 fully saturated rings. The largest absolute Gasteiger partial charge is 0.451 e. The van der Waals surface area contributed by atoms with Crippen LogP contribution in [-0.4, -0.2) is 43.6 Å². The van der Waals surface area contributed by atoms with Gasteiger partial charge in [0.05, 0.1) is 4.75 Å². The standard InChI is InChI=1S/C21H19NO4S/c1-20-12-21(20,22-17(24)15(23)18(22)27-20)19(25)26-16(13-8-4-2-5-9-13)14-10-6-3-7-11-14/h2-11,15-16,18,23H,12H2,1H3/t15-,18+,20-,21-/m0/s1. The van der Waals surface area contributed by atoms with Gasteiger partial charge in [0.15, 0.2) is 17.7 Å². The van der Waals surface area contributed by atoms with E-state index in [4.69, 9.17) is 4.74 Å². The van der Waals surface area contributed by atoms with Crippen LogP contribution in [0.1, 0.15) is 30.6 Å². The fourth-order valence-electron chi connectivity index (χ4n) is 4.34. The van der Waals surface area contributed by atoms with Crippen LogP contribution in [0.25, 0.3) is 0 Å². The molecule has 4 atom stereocenters. The summed E-state index contributed by atoms with van der Waals surface area (Å²) in [6.07, 6.45) is -0.984. The Bertz CT molecular complexity index is 881. The van der Waals surface area contributed by atoms with Gasteiger partial charge in [-0.15, -0.1) is 11.8 Å². The zero-order valence-electron chi connectivity index (χ0n) is 14.7. The summed E-state index contributed by atoms with van der Waals surface area (Å²) in [5.41, 5.74) is 0.807. The minimum Gasteiger partial charge on any atom is -0.451 e. The molecule has 2 heterocycles. The quantitative estimate of drug-likeness (QED) is 0.651. The summed E-state index contributed by atoms with van der Waals surface area (Å²) in [4.78, 5) is 27.1. The number of aliphatic hydroxyl groups is 1. The van der Waals surface area contributed by atoms with E-state index >= 15 is 0 Å².